The Bertz CT molecular complexity index is 326. The summed E-state index contributed by atoms with van der Waals surface area (Å²) >= 11 is 0. The van der Waals surface area contributed by atoms with E-state index in [0.29, 0.717) is 19.3 Å². The van der Waals surface area contributed by atoms with Gasteiger partial charge in [0, 0.05) is 24.2 Å². The Morgan fingerprint density at radius 3 is 2.44 bits per heavy atom. The molecule has 2 heteroatoms. The van der Waals surface area contributed by atoms with Crippen LogP contribution in [-0.2, 0) is 9.59 Å². The fourth-order valence-electron chi connectivity index (χ4n) is 2.28. The molecule has 0 bridgehead atoms. The Hall–Kier alpha value is -0.920. The zero-order valence-electron chi connectivity index (χ0n) is 10.8. The molecule has 0 aromatic carbocycles. The van der Waals surface area contributed by atoms with Crippen LogP contribution in [0, 0.1) is 17.3 Å². The average Bonchev–Trinajstić information content (AvgIpc) is 2.19. The number of Topliss-reactive ketones (excluding diaryl/α,β-unsaturated/α-hetero) is 2. The maximum absolute atomic E-state index is 12.1. The van der Waals surface area contributed by atoms with Gasteiger partial charge in [0.1, 0.15) is 11.6 Å². The van der Waals surface area contributed by atoms with Gasteiger partial charge in [-0.1, -0.05) is 32.9 Å². The van der Waals surface area contributed by atoms with Gasteiger partial charge < -0.3 is 0 Å². The van der Waals surface area contributed by atoms with Gasteiger partial charge in [-0.15, -0.1) is 0 Å². The third-order valence-electron chi connectivity index (χ3n) is 3.90. The second kappa shape index (κ2) is 4.52. The van der Waals surface area contributed by atoms with Crippen molar-refractivity contribution in [3.63, 3.8) is 0 Å². The summed E-state index contributed by atoms with van der Waals surface area (Å²) < 4.78 is 0. The zero-order valence-corrected chi connectivity index (χ0v) is 10.8. The summed E-state index contributed by atoms with van der Waals surface area (Å²) in [5.41, 5.74) is 0.593. The Labute approximate surface area is 98.1 Å². The maximum atomic E-state index is 12.1. The number of rotatable bonds is 1. The maximum Gasteiger partial charge on any atom is 0.139 e. The van der Waals surface area contributed by atoms with Gasteiger partial charge in [-0.25, -0.2) is 0 Å². The van der Waals surface area contributed by atoms with Gasteiger partial charge >= 0.3 is 0 Å². The van der Waals surface area contributed by atoms with Crippen LogP contribution >= 0.6 is 0 Å². The van der Waals surface area contributed by atoms with Crippen LogP contribution in [0.2, 0.25) is 0 Å². The van der Waals surface area contributed by atoms with Gasteiger partial charge in [0.05, 0.1) is 0 Å². The summed E-state index contributed by atoms with van der Waals surface area (Å²) in [6, 6.07) is 0. The first-order valence-corrected chi connectivity index (χ1v) is 5.97. The quantitative estimate of drug-likeness (QED) is 0.639. The standard InChI is InChI=1S/C14H22O2/c1-9(2)11-8-13(16)14(4,5)7-6-12(15)10(11)3/h10-11H,1,6-8H2,2-5H3/t10-,11+/m0/s1. The lowest BCUT2D eigenvalue weighted by molar-refractivity contribution is -0.133. The smallest absolute Gasteiger partial charge is 0.139 e. The normalized spacial score (nSPS) is 30.8. The molecule has 2 atom stereocenters. The molecule has 0 unspecified atom stereocenters. The van der Waals surface area contributed by atoms with Crippen LogP contribution in [0.3, 0.4) is 0 Å². The molecule has 1 fully saturated rings. The Kier molecular flexibility index (Phi) is 3.72. The van der Waals surface area contributed by atoms with E-state index in [0.717, 1.165) is 5.57 Å². The van der Waals surface area contributed by atoms with Crippen molar-refractivity contribution in [3.8, 4) is 0 Å². The minimum atomic E-state index is -0.358. The molecular formula is C14H22O2. The molecule has 0 saturated heterocycles. The van der Waals surface area contributed by atoms with Gasteiger partial charge in [-0.05, 0) is 19.3 Å². The van der Waals surface area contributed by atoms with E-state index in [1.807, 2.05) is 27.7 Å². The van der Waals surface area contributed by atoms with Crippen LogP contribution in [0.1, 0.15) is 47.0 Å². The lowest BCUT2D eigenvalue weighted by atomic mass is 9.70. The highest BCUT2D eigenvalue weighted by Crippen LogP contribution is 2.35. The molecule has 16 heavy (non-hydrogen) atoms. The molecule has 0 amide bonds. The van der Waals surface area contributed by atoms with E-state index in [2.05, 4.69) is 6.58 Å². The molecule has 0 N–H and O–H groups in total. The average molecular weight is 222 g/mol. The highest BCUT2D eigenvalue weighted by molar-refractivity contribution is 5.89. The molecule has 1 rings (SSSR count). The van der Waals surface area contributed by atoms with Crippen molar-refractivity contribution in [1.82, 2.24) is 0 Å². The van der Waals surface area contributed by atoms with Crippen LogP contribution in [0.5, 0.6) is 0 Å². The first-order chi connectivity index (χ1) is 7.25. The molecule has 0 aromatic rings. The van der Waals surface area contributed by atoms with Crippen LogP contribution in [-0.4, -0.2) is 11.6 Å². The summed E-state index contributed by atoms with van der Waals surface area (Å²) in [5.74, 6) is 0.505. The molecular weight excluding hydrogens is 200 g/mol. The molecule has 90 valence electrons. The number of ketones is 2. The van der Waals surface area contributed by atoms with Crippen LogP contribution in [0.4, 0.5) is 0 Å². The van der Waals surface area contributed by atoms with E-state index < -0.39 is 0 Å². The summed E-state index contributed by atoms with van der Waals surface area (Å²) in [6.07, 6.45) is 1.66. The predicted octanol–water partition coefficient (Wildman–Crippen LogP) is 3.16. The van der Waals surface area contributed by atoms with Crippen molar-refractivity contribution in [2.75, 3.05) is 0 Å². The monoisotopic (exact) mass is 222 g/mol. The topological polar surface area (TPSA) is 34.1 Å². The number of hydrogen-bond acceptors (Lipinski definition) is 2. The fourth-order valence-corrected chi connectivity index (χ4v) is 2.28. The molecule has 1 aliphatic rings. The van der Waals surface area contributed by atoms with E-state index in [-0.39, 0.29) is 28.8 Å². The van der Waals surface area contributed by atoms with E-state index in [1.54, 1.807) is 0 Å². The third-order valence-corrected chi connectivity index (χ3v) is 3.90. The van der Waals surface area contributed by atoms with E-state index in [1.165, 1.54) is 0 Å². The SMILES string of the molecule is C=C(C)[C@H]1CC(=O)C(C)(C)CCC(=O)[C@H]1C. The van der Waals surface area contributed by atoms with Crippen molar-refractivity contribution < 1.29 is 9.59 Å². The van der Waals surface area contributed by atoms with Gasteiger partial charge in [-0.2, -0.15) is 0 Å². The number of allylic oxidation sites excluding steroid dienone is 1. The fraction of sp³-hybridized carbons (Fsp3) is 0.714. The van der Waals surface area contributed by atoms with Crippen molar-refractivity contribution in [2.24, 2.45) is 17.3 Å². The minimum absolute atomic E-state index is 0.0274. The lowest BCUT2D eigenvalue weighted by Gasteiger charge is -2.32. The third kappa shape index (κ3) is 2.60. The first kappa shape index (κ1) is 13.1. The summed E-state index contributed by atoms with van der Waals surface area (Å²) in [4.78, 5) is 24.0. The van der Waals surface area contributed by atoms with Crippen molar-refractivity contribution in [1.29, 1.82) is 0 Å². The van der Waals surface area contributed by atoms with E-state index >= 15 is 0 Å². The highest BCUT2D eigenvalue weighted by atomic mass is 16.1. The van der Waals surface area contributed by atoms with Crippen LogP contribution < -0.4 is 0 Å². The zero-order chi connectivity index (χ0) is 12.5. The summed E-state index contributed by atoms with van der Waals surface area (Å²) in [6.45, 7) is 11.6. The van der Waals surface area contributed by atoms with Gasteiger partial charge in [0.15, 0.2) is 0 Å². The van der Waals surface area contributed by atoms with Crippen LogP contribution in [0.15, 0.2) is 12.2 Å². The summed E-state index contributed by atoms with van der Waals surface area (Å²) in [5, 5.41) is 0. The minimum Gasteiger partial charge on any atom is -0.299 e. The molecule has 1 aliphatic carbocycles. The molecule has 0 aromatic heterocycles. The number of carbonyl (C=O) groups is 2. The number of carbonyl (C=O) groups excluding carboxylic acids is 2. The molecule has 1 saturated carbocycles. The lowest BCUT2D eigenvalue weighted by Crippen LogP contribution is -2.34. The van der Waals surface area contributed by atoms with E-state index in [9.17, 15) is 9.59 Å². The van der Waals surface area contributed by atoms with Crippen LogP contribution in [0.25, 0.3) is 0 Å². The second-order valence-corrected chi connectivity index (χ2v) is 5.72. The first-order valence-electron chi connectivity index (χ1n) is 5.97. The van der Waals surface area contributed by atoms with Gasteiger partial charge in [0.2, 0.25) is 0 Å². The van der Waals surface area contributed by atoms with Gasteiger partial charge in [0.25, 0.3) is 0 Å². The Balaban J connectivity index is 2.98. The number of hydrogen-bond donors (Lipinski definition) is 0. The van der Waals surface area contributed by atoms with Crippen molar-refractivity contribution >= 4 is 11.6 Å². The predicted molar refractivity (Wildman–Crippen MR) is 65.1 cm³/mol. The van der Waals surface area contributed by atoms with Gasteiger partial charge in [-0.3, -0.25) is 9.59 Å². The summed E-state index contributed by atoms with van der Waals surface area (Å²) in [7, 11) is 0. The Morgan fingerprint density at radius 2 is 1.94 bits per heavy atom. The largest absolute Gasteiger partial charge is 0.299 e. The highest BCUT2D eigenvalue weighted by Gasteiger charge is 2.36. The Morgan fingerprint density at radius 1 is 1.38 bits per heavy atom. The van der Waals surface area contributed by atoms with Crippen molar-refractivity contribution in [2.45, 2.75) is 47.0 Å². The van der Waals surface area contributed by atoms with Crippen molar-refractivity contribution in [3.05, 3.63) is 12.2 Å². The molecule has 2 nitrogen and oxygen atoms in total. The molecule has 0 radical (unpaired) electrons. The van der Waals surface area contributed by atoms with E-state index in [4.69, 9.17) is 0 Å². The molecule has 0 heterocycles. The molecule has 0 spiro atoms. The second-order valence-electron chi connectivity index (χ2n) is 5.72. The molecule has 0 aliphatic heterocycles.